The minimum Gasteiger partial charge on any atom is -0.309 e. The molecular weight excluding hydrogens is 158 g/mol. The van der Waals surface area contributed by atoms with E-state index in [-0.39, 0.29) is 0 Å². The zero-order valence-corrected chi connectivity index (χ0v) is 8.61. The minimum absolute atomic E-state index is 1.08. The molecule has 5 rings (SSSR count). The van der Waals surface area contributed by atoms with Crippen molar-refractivity contribution in [3.63, 3.8) is 0 Å². The molecule has 13 heavy (non-hydrogen) atoms. The van der Waals surface area contributed by atoms with Crippen molar-refractivity contribution in [1.82, 2.24) is 4.90 Å². The first kappa shape index (κ1) is 7.28. The molecular formula is C12H19N. The van der Waals surface area contributed by atoms with Crippen LogP contribution < -0.4 is 0 Å². The molecule has 0 heterocycles. The van der Waals surface area contributed by atoms with Gasteiger partial charge in [-0.15, -0.1) is 0 Å². The van der Waals surface area contributed by atoms with Crippen molar-refractivity contribution in [1.29, 1.82) is 0 Å². The Morgan fingerprint density at radius 1 is 0.923 bits per heavy atom. The minimum atomic E-state index is 1.08. The first-order valence-corrected chi connectivity index (χ1v) is 5.92. The molecule has 6 bridgehead atoms. The summed E-state index contributed by atoms with van der Waals surface area (Å²) < 4.78 is 0. The van der Waals surface area contributed by atoms with E-state index in [2.05, 4.69) is 19.0 Å². The van der Waals surface area contributed by atoms with Crippen LogP contribution in [0, 0.1) is 41.4 Å². The van der Waals surface area contributed by atoms with Crippen molar-refractivity contribution in [2.24, 2.45) is 41.4 Å². The molecule has 0 amide bonds. The van der Waals surface area contributed by atoms with Crippen LogP contribution in [-0.4, -0.2) is 25.5 Å². The largest absolute Gasteiger partial charge is 0.309 e. The van der Waals surface area contributed by atoms with Gasteiger partial charge in [0.1, 0.15) is 0 Å². The second-order valence-corrected chi connectivity index (χ2v) is 6.22. The number of rotatable bonds is 2. The van der Waals surface area contributed by atoms with Gasteiger partial charge in [0.25, 0.3) is 0 Å². The smallest absolute Gasteiger partial charge is 0.000652 e. The van der Waals surface area contributed by atoms with Crippen LogP contribution in [0.25, 0.3) is 0 Å². The number of nitrogens with zero attached hydrogens (tertiary/aromatic N) is 1. The summed E-state index contributed by atoms with van der Waals surface area (Å²) in [7, 11) is 4.47. The molecule has 0 radical (unpaired) electrons. The summed E-state index contributed by atoms with van der Waals surface area (Å²) in [5.74, 6) is 8.37. The third-order valence-electron chi connectivity index (χ3n) is 5.54. The number of hydrogen-bond acceptors (Lipinski definition) is 1. The van der Waals surface area contributed by atoms with Crippen LogP contribution in [-0.2, 0) is 0 Å². The van der Waals surface area contributed by atoms with Gasteiger partial charge in [-0.1, -0.05) is 0 Å². The van der Waals surface area contributed by atoms with Gasteiger partial charge in [0.05, 0.1) is 0 Å². The van der Waals surface area contributed by atoms with E-state index < -0.39 is 0 Å². The lowest BCUT2D eigenvalue weighted by Gasteiger charge is -2.24. The maximum absolute atomic E-state index is 2.40. The maximum atomic E-state index is 2.40. The monoisotopic (exact) mass is 177 g/mol. The summed E-state index contributed by atoms with van der Waals surface area (Å²) in [4.78, 5) is 2.40. The highest BCUT2D eigenvalue weighted by molar-refractivity contribution is 5.24. The summed E-state index contributed by atoms with van der Waals surface area (Å²) in [6.45, 7) is 1.37. The fraction of sp³-hybridized carbons (Fsp3) is 1.00. The predicted octanol–water partition coefficient (Wildman–Crippen LogP) is 1.70. The van der Waals surface area contributed by atoms with Crippen LogP contribution >= 0.6 is 0 Å². The van der Waals surface area contributed by atoms with Gasteiger partial charge in [-0.05, 0) is 68.4 Å². The molecule has 0 aliphatic heterocycles. The van der Waals surface area contributed by atoms with E-state index in [1.54, 1.807) is 12.8 Å². The number of hydrogen-bond donors (Lipinski definition) is 0. The van der Waals surface area contributed by atoms with Crippen LogP contribution in [0.5, 0.6) is 0 Å². The first-order chi connectivity index (χ1) is 6.27. The fourth-order valence-corrected chi connectivity index (χ4v) is 5.56. The molecule has 0 N–H and O–H groups in total. The Labute approximate surface area is 80.5 Å². The van der Waals surface area contributed by atoms with Crippen molar-refractivity contribution in [2.45, 2.75) is 12.8 Å². The van der Waals surface area contributed by atoms with E-state index in [0.717, 1.165) is 5.92 Å². The Kier molecular flexibility index (Phi) is 1.11. The van der Waals surface area contributed by atoms with E-state index in [9.17, 15) is 0 Å². The quantitative estimate of drug-likeness (QED) is 0.620. The van der Waals surface area contributed by atoms with E-state index in [0.29, 0.717) is 0 Å². The summed E-state index contributed by atoms with van der Waals surface area (Å²) in [6.07, 6.45) is 3.22. The summed E-state index contributed by atoms with van der Waals surface area (Å²) in [6, 6.07) is 0. The Morgan fingerprint density at radius 3 is 2.23 bits per heavy atom. The molecule has 5 aliphatic rings. The third-order valence-corrected chi connectivity index (χ3v) is 5.54. The third kappa shape index (κ3) is 0.674. The summed E-state index contributed by atoms with van der Waals surface area (Å²) in [5, 5.41) is 0. The van der Waals surface area contributed by atoms with E-state index in [1.807, 2.05) is 0 Å². The van der Waals surface area contributed by atoms with Crippen molar-refractivity contribution < 1.29 is 0 Å². The van der Waals surface area contributed by atoms with Gasteiger partial charge >= 0.3 is 0 Å². The van der Waals surface area contributed by atoms with Gasteiger partial charge in [0, 0.05) is 6.54 Å². The lowest BCUT2D eigenvalue weighted by molar-refractivity contribution is 0.233. The van der Waals surface area contributed by atoms with Crippen molar-refractivity contribution in [3.8, 4) is 0 Å². The van der Waals surface area contributed by atoms with E-state index >= 15 is 0 Å². The van der Waals surface area contributed by atoms with Crippen LogP contribution in [0.2, 0.25) is 0 Å². The lowest BCUT2D eigenvalue weighted by Crippen LogP contribution is -2.26. The van der Waals surface area contributed by atoms with Gasteiger partial charge in [0.15, 0.2) is 0 Å². The highest BCUT2D eigenvalue weighted by atomic mass is 15.1. The molecule has 1 heteroatoms. The van der Waals surface area contributed by atoms with Gasteiger partial charge < -0.3 is 4.90 Å². The molecule has 72 valence electrons. The molecule has 7 atom stereocenters. The van der Waals surface area contributed by atoms with Crippen molar-refractivity contribution in [3.05, 3.63) is 0 Å². The first-order valence-electron chi connectivity index (χ1n) is 5.92. The molecule has 1 nitrogen and oxygen atoms in total. The SMILES string of the molecule is CN(C)CC1CC2C3CC4C2C4C13. The van der Waals surface area contributed by atoms with Gasteiger partial charge in [-0.3, -0.25) is 0 Å². The summed E-state index contributed by atoms with van der Waals surface area (Å²) >= 11 is 0. The highest BCUT2D eigenvalue weighted by Crippen LogP contribution is 2.82. The van der Waals surface area contributed by atoms with Gasteiger partial charge in [0.2, 0.25) is 0 Å². The normalized spacial score (nSPS) is 65.3. The van der Waals surface area contributed by atoms with Crippen LogP contribution in [0.4, 0.5) is 0 Å². The van der Waals surface area contributed by atoms with Crippen LogP contribution in [0.1, 0.15) is 12.8 Å². The van der Waals surface area contributed by atoms with Gasteiger partial charge in [-0.2, -0.15) is 0 Å². The standard InChI is InChI=1S/C12H19N/c1-13(2)5-6-3-7-8-4-9-11(7)12(9)10(6)8/h6-12H,3-5H2,1-2H3. The molecule has 0 aromatic heterocycles. The second-order valence-electron chi connectivity index (χ2n) is 6.22. The highest BCUT2D eigenvalue weighted by Gasteiger charge is 2.77. The summed E-state index contributed by atoms with van der Waals surface area (Å²) in [5.41, 5.74) is 0. The molecule has 7 unspecified atom stereocenters. The molecule has 0 spiro atoms. The average Bonchev–Trinajstić information content (AvgIpc) is 2.48. The molecule has 0 aromatic carbocycles. The Morgan fingerprint density at radius 2 is 1.69 bits per heavy atom. The topological polar surface area (TPSA) is 3.24 Å². The maximum Gasteiger partial charge on any atom is 0.000652 e. The zero-order valence-electron chi connectivity index (χ0n) is 8.61. The lowest BCUT2D eigenvalue weighted by atomic mass is 9.88. The van der Waals surface area contributed by atoms with Crippen LogP contribution in [0.15, 0.2) is 0 Å². The Hall–Kier alpha value is -0.0400. The van der Waals surface area contributed by atoms with Gasteiger partial charge in [-0.25, -0.2) is 0 Å². The zero-order chi connectivity index (χ0) is 8.74. The fourth-order valence-electron chi connectivity index (χ4n) is 5.56. The molecule has 0 aromatic rings. The molecule has 5 saturated carbocycles. The Bertz CT molecular complexity index is 260. The molecule has 0 saturated heterocycles. The van der Waals surface area contributed by atoms with Crippen LogP contribution in [0.3, 0.4) is 0 Å². The molecule has 5 aliphatic carbocycles. The average molecular weight is 177 g/mol. The van der Waals surface area contributed by atoms with Crippen molar-refractivity contribution >= 4 is 0 Å². The second kappa shape index (κ2) is 1.98. The molecule has 5 fully saturated rings. The van der Waals surface area contributed by atoms with Crippen molar-refractivity contribution in [2.75, 3.05) is 20.6 Å². The van der Waals surface area contributed by atoms with E-state index in [1.165, 1.54) is 42.1 Å². The predicted molar refractivity (Wildman–Crippen MR) is 52.2 cm³/mol. The van der Waals surface area contributed by atoms with E-state index in [4.69, 9.17) is 0 Å². The Balaban J connectivity index is 1.60.